The van der Waals surface area contributed by atoms with Crippen molar-refractivity contribution >= 4 is 57.2 Å². The van der Waals surface area contributed by atoms with E-state index in [1.54, 1.807) is 6.07 Å². The van der Waals surface area contributed by atoms with Crippen molar-refractivity contribution in [3.05, 3.63) is 64.3 Å². The number of aromatic nitrogens is 2. The lowest BCUT2D eigenvalue weighted by atomic mass is 10.1. The number of nitrogens with one attached hydrogen (secondary N) is 1. The van der Waals surface area contributed by atoms with Crippen molar-refractivity contribution in [2.75, 3.05) is 25.0 Å². The summed E-state index contributed by atoms with van der Waals surface area (Å²) in [7, 11) is 0. The van der Waals surface area contributed by atoms with E-state index in [4.69, 9.17) is 11.6 Å². The topological polar surface area (TPSA) is 62.5 Å². The monoisotopic (exact) mass is 465 g/mol. The molecule has 0 radical (unpaired) electrons. The number of amidine groups is 1. The Morgan fingerprint density at radius 1 is 1.09 bits per heavy atom. The molecular formula is C24H24ClN5OS. The van der Waals surface area contributed by atoms with Gasteiger partial charge in [0.1, 0.15) is 0 Å². The van der Waals surface area contributed by atoms with Crippen LogP contribution < -0.4 is 5.32 Å². The molecule has 164 valence electrons. The fourth-order valence-electron chi connectivity index (χ4n) is 4.07. The molecule has 0 spiro atoms. The first-order chi connectivity index (χ1) is 15.7. The van der Waals surface area contributed by atoms with Gasteiger partial charge in [-0.25, -0.2) is 4.98 Å². The van der Waals surface area contributed by atoms with Gasteiger partial charge in [0.05, 0.1) is 33.0 Å². The number of amides is 1. The standard InChI is InChI=1S/C24H24ClN5OS/c25-18-6-2-3-7-19(18)27-24-28-23(31)22(32-24)15-17-8-9-20-21(14-17)30(16-26-20)13-12-29-10-4-1-5-11-29/h2-3,6-9,14-16H,1,4-5,10-13H2,(H,27,28,31)/b22-15-. The zero-order valence-corrected chi connectivity index (χ0v) is 19.2. The van der Waals surface area contributed by atoms with E-state index < -0.39 is 0 Å². The molecule has 0 atom stereocenters. The molecule has 0 aliphatic carbocycles. The van der Waals surface area contributed by atoms with Crippen molar-refractivity contribution in [3.63, 3.8) is 0 Å². The first-order valence-corrected chi connectivity index (χ1v) is 12.1. The van der Waals surface area contributed by atoms with Gasteiger partial charge in [0.15, 0.2) is 5.17 Å². The molecule has 3 heterocycles. The van der Waals surface area contributed by atoms with Gasteiger partial charge in [-0.1, -0.05) is 36.2 Å². The van der Waals surface area contributed by atoms with Crippen LogP contribution in [0.2, 0.25) is 5.02 Å². The van der Waals surface area contributed by atoms with E-state index in [9.17, 15) is 4.79 Å². The van der Waals surface area contributed by atoms with E-state index in [1.165, 1.54) is 44.1 Å². The second-order valence-electron chi connectivity index (χ2n) is 8.03. The number of fused-ring (bicyclic) bond motifs is 1. The molecular weight excluding hydrogens is 442 g/mol. The van der Waals surface area contributed by atoms with Crippen LogP contribution in [-0.4, -0.2) is 45.2 Å². The summed E-state index contributed by atoms with van der Waals surface area (Å²) < 4.78 is 2.20. The molecule has 1 fully saturated rings. The van der Waals surface area contributed by atoms with Gasteiger partial charge in [-0.05, 0) is 73.6 Å². The van der Waals surface area contributed by atoms with Crippen molar-refractivity contribution in [2.45, 2.75) is 25.8 Å². The predicted molar refractivity (Wildman–Crippen MR) is 133 cm³/mol. The molecule has 8 heteroatoms. The Hall–Kier alpha value is -2.61. The lowest BCUT2D eigenvalue weighted by Crippen LogP contribution is -2.32. The summed E-state index contributed by atoms with van der Waals surface area (Å²) in [6.45, 7) is 4.33. The zero-order valence-electron chi connectivity index (χ0n) is 17.6. The first kappa shape index (κ1) is 21.2. The van der Waals surface area contributed by atoms with Gasteiger partial charge in [-0.3, -0.25) is 4.79 Å². The molecule has 2 aliphatic rings. The molecule has 1 N–H and O–H groups in total. The molecule has 5 rings (SSSR count). The van der Waals surface area contributed by atoms with Crippen molar-refractivity contribution < 1.29 is 4.79 Å². The van der Waals surface area contributed by atoms with E-state index in [-0.39, 0.29) is 5.91 Å². The minimum absolute atomic E-state index is 0.247. The zero-order chi connectivity index (χ0) is 21.9. The third-order valence-electron chi connectivity index (χ3n) is 5.78. The summed E-state index contributed by atoms with van der Waals surface area (Å²) in [5.74, 6) is -0.247. The molecule has 0 unspecified atom stereocenters. The SMILES string of the molecule is O=C1N=C(Nc2ccccc2Cl)S/C1=C\c1ccc2ncn(CCN3CCCCC3)c2c1. The number of carbonyl (C=O) groups excluding carboxylic acids is 1. The molecule has 1 aromatic heterocycles. The Kier molecular flexibility index (Phi) is 6.30. The van der Waals surface area contributed by atoms with Crippen LogP contribution in [0, 0.1) is 0 Å². The van der Waals surface area contributed by atoms with Gasteiger partial charge in [-0.2, -0.15) is 4.99 Å². The molecule has 2 aromatic carbocycles. The number of para-hydroxylation sites is 1. The van der Waals surface area contributed by atoms with Crippen molar-refractivity contribution in [1.29, 1.82) is 0 Å². The maximum absolute atomic E-state index is 12.4. The summed E-state index contributed by atoms with van der Waals surface area (Å²) in [6, 6.07) is 13.5. The Morgan fingerprint density at radius 3 is 2.78 bits per heavy atom. The first-order valence-electron chi connectivity index (χ1n) is 10.9. The average molecular weight is 466 g/mol. The molecule has 0 saturated carbocycles. The third kappa shape index (κ3) is 4.75. The second kappa shape index (κ2) is 9.48. The van der Waals surface area contributed by atoms with Gasteiger partial charge in [0, 0.05) is 13.1 Å². The lowest BCUT2D eigenvalue weighted by molar-refractivity contribution is -0.113. The molecule has 1 saturated heterocycles. The number of nitrogens with zero attached hydrogens (tertiary/aromatic N) is 4. The maximum atomic E-state index is 12.4. The van der Waals surface area contributed by atoms with Crippen molar-refractivity contribution in [1.82, 2.24) is 14.5 Å². The molecule has 1 amide bonds. The lowest BCUT2D eigenvalue weighted by Gasteiger charge is -2.26. The Labute approximate surface area is 196 Å². The fourth-order valence-corrected chi connectivity index (χ4v) is 5.07. The maximum Gasteiger partial charge on any atom is 0.286 e. The largest absolute Gasteiger partial charge is 0.333 e. The Balaban J connectivity index is 1.30. The van der Waals surface area contributed by atoms with Gasteiger partial charge >= 0.3 is 0 Å². The van der Waals surface area contributed by atoms with Gasteiger partial charge < -0.3 is 14.8 Å². The average Bonchev–Trinajstić information content (AvgIpc) is 3.37. The van der Waals surface area contributed by atoms with Crippen molar-refractivity contribution in [3.8, 4) is 0 Å². The van der Waals surface area contributed by atoms with E-state index in [2.05, 4.69) is 30.8 Å². The van der Waals surface area contributed by atoms with Gasteiger partial charge in [-0.15, -0.1) is 0 Å². The normalized spacial score (nSPS) is 18.5. The van der Waals surface area contributed by atoms with E-state index >= 15 is 0 Å². The highest BCUT2D eigenvalue weighted by atomic mass is 35.5. The molecule has 3 aromatic rings. The minimum Gasteiger partial charge on any atom is -0.333 e. The number of hydrogen-bond acceptors (Lipinski definition) is 5. The smallest absolute Gasteiger partial charge is 0.286 e. The second-order valence-corrected chi connectivity index (χ2v) is 9.46. The number of aliphatic imine (C=N–C) groups is 1. The Morgan fingerprint density at radius 2 is 1.94 bits per heavy atom. The third-order valence-corrected chi connectivity index (χ3v) is 7.01. The number of imidazole rings is 1. The summed E-state index contributed by atoms with van der Waals surface area (Å²) >= 11 is 7.52. The number of thioether (sulfide) groups is 1. The number of benzene rings is 2. The molecule has 32 heavy (non-hydrogen) atoms. The van der Waals surface area contributed by atoms with Crippen LogP contribution in [0.1, 0.15) is 24.8 Å². The molecule has 2 aliphatic heterocycles. The van der Waals surface area contributed by atoms with E-state index in [1.807, 2.05) is 42.7 Å². The predicted octanol–water partition coefficient (Wildman–Crippen LogP) is 5.26. The van der Waals surface area contributed by atoms with Crippen LogP contribution in [0.3, 0.4) is 0 Å². The van der Waals surface area contributed by atoms with Crippen LogP contribution in [0.5, 0.6) is 0 Å². The van der Waals surface area contributed by atoms with Crippen LogP contribution in [-0.2, 0) is 11.3 Å². The van der Waals surface area contributed by atoms with E-state index in [0.717, 1.165) is 35.4 Å². The number of halogens is 1. The van der Waals surface area contributed by atoms with Crippen LogP contribution in [0.25, 0.3) is 17.1 Å². The number of carbonyl (C=O) groups is 1. The minimum atomic E-state index is -0.247. The number of piperidine rings is 1. The molecule has 6 nitrogen and oxygen atoms in total. The highest BCUT2D eigenvalue weighted by Gasteiger charge is 2.22. The summed E-state index contributed by atoms with van der Waals surface area (Å²) in [6.07, 6.45) is 7.74. The van der Waals surface area contributed by atoms with Gasteiger partial charge in [0.25, 0.3) is 5.91 Å². The number of likely N-dealkylation sites (tertiary alicyclic amines) is 1. The van der Waals surface area contributed by atoms with Crippen molar-refractivity contribution in [2.24, 2.45) is 4.99 Å². The van der Waals surface area contributed by atoms with E-state index in [0.29, 0.717) is 15.1 Å². The summed E-state index contributed by atoms with van der Waals surface area (Å²) in [5.41, 5.74) is 3.74. The van der Waals surface area contributed by atoms with Crippen LogP contribution in [0.4, 0.5) is 5.69 Å². The summed E-state index contributed by atoms with van der Waals surface area (Å²) in [4.78, 5) is 24.2. The fraction of sp³-hybridized carbons (Fsp3) is 0.292. The summed E-state index contributed by atoms with van der Waals surface area (Å²) in [5, 5.41) is 4.25. The molecule has 0 bridgehead atoms. The number of anilines is 1. The highest BCUT2D eigenvalue weighted by molar-refractivity contribution is 8.18. The van der Waals surface area contributed by atoms with Crippen LogP contribution >= 0.6 is 23.4 Å². The Bertz CT molecular complexity index is 1210. The highest BCUT2D eigenvalue weighted by Crippen LogP contribution is 2.31. The quantitative estimate of drug-likeness (QED) is 0.521. The van der Waals surface area contributed by atoms with Gasteiger partial charge in [0.2, 0.25) is 0 Å². The number of rotatable bonds is 5. The number of hydrogen-bond donors (Lipinski definition) is 1. The van der Waals surface area contributed by atoms with Crippen LogP contribution in [0.15, 0.2) is 58.7 Å².